The molecule has 1 heterocycles. The van der Waals surface area contributed by atoms with Gasteiger partial charge in [0.1, 0.15) is 6.61 Å². The maximum atomic E-state index is 12.3. The number of ether oxygens (including phenoxy) is 6. The molecule has 11 heteroatoms. The molecule has 1 aliphatic rings. The molecule has 0 bridgehead atoms. The number of nitrogens with one attached hydrogen (secondary N) is 1. The van der Waals surface area contributed by atoms with Crippen molar-refractivity contribution in [2.45, 2.75) is 6.61 Å². The summed E-state index contributed by atoms with van der Waals surface area (Å²) in [6, 6.07) is 16.3. The fourth-order valence-corrected chi connectivity index (χ4v) is 3.58. The molecule has 0 atom stereocenters. The van der Waals surface area contributed by atoms with E-state index in [0.717, 1.165) is 5.56 Å². The van der Waals surface area contributed by atoms with E-state index in [-0.39, 0.29) is 31.6 Å². The first-order valence-electron chi connectivity index (χ1n) is 13.0. The lowest BCUT2D eigenvalue weighted by Crippen LogP contribution is -2.33. The van der Waals surface area contributed by atoms with Crippen molar-refractivity contribution in [3.8, 4) is 0 Å². The molecule has 1 N–H and O–H groups in total. The number of nitrogens with zero attached hydrogens (tertiary/aromatic N) is 1. The molecule has 2 aromatic carbocycles. The van der Waals surface area contributed by atoms with Gasteiger partial charge in [-0.1, -0.05) is 42.5 Å². The van der Waals surface area contributed by atoms with E-state index in [9.17, 15) is 14.4 Å². The molecular weight excluding hydrogens is 508 g/mol. The minimum absolute atomic E-state index is 0.210. The molecule has 212 valence electrons. The van der Waals surface area contributed by atoms with Gasteiger partial charge in [0.05, 0.1) is 83.7 Å². The van der Waals surface area contributed by atoms with Crippen molar-refractivity contribution >= 4 is 17.9 Å². The maximum absolute atomic E-state index is 12.3. The van der Waals surface area contributed by atoms with Crippen LogP contribution in [0.1, 0.15) is 26.3 Å². The topological polar surface area (TPSA) is 122 Å². The summed E-state index contributed by atoms with van der Waals surface area (Å²) >= 11 is 0. The number of imide groups is 1. The Morgan fingerprint density at radius 3 is 1.62 bits per heavy atom. The van der Waals surface area contributed by atoms with Crippen LogP contribution in [0.15, 0.2) is 54.6 Å². The summed E-state index contributed by atoms with van der Waals surface area (Å²) in [5.74, 6) is -0.564. The van der Waals surface area contributed by atoms with Crippen molar-refractivity contribution in [1.82, 2.24) is 10.2 Å². The third-order valence-electron chi connectivity index (χ3n) is 5.55. The third-order valence-corrected chi connectivity index (χ3v) is 5.55. The largest absolute Gasteiger partial charge is 0.445 e. The number of rotatable bonds is 20. The quantitative estimate of drug-likeness (QED) is 0.198. The number of fused-ring (bicyclic) bond motifs is 1. The van der Waals surface area contributed by atoms with Gasteiger partial charge in [0, 0.05) is 6.54 Å². The van der Waals surface area contributed by atoms with E-state index >= 15 is 0 Å². The normalized spacial score (nSPS) is 12.6. The van der Waals surface area contributed by atoms with Crippen LogP contribution in [-0.2, 0) is 35.0 Å². The molecular formula is C28H36N2O9. The van der Waals surface area contributed by atoms with Crippen molar-refractivity contribution in [3.05, 3.63) is 71.3 Å². The van der Waals surface area contributed by atoms with Gasteiger partial charge in [0.15, 0.2) is 0 Å². The van der Waals surface area contributed by atoms with Crippen LogP contribution in [0.3, 0.4) is 0 Å². The summed E-state index contributed by atoms with van der Waals surface area (Å²) in [6.45, 7) is 4.73. The zero-order chi connectivity index (χ0) is 27.5. The van der Waals surface area contributed by atoms with E-state index in [1.807, 2.05) is 30.3 Å². The Hall–Kier alpha value is -3.35. The molecule has 2 aromatic rings. The Morgan fingerprint density at radius 2 is 1.08 bits per heavy atom. The summed E-state index contributed by atoms with van der Waals surface area (Å²) in [4.78, 5) is 37.3. The van der Waals surface area contributed by atoms with Crippen molar-refractivity contribution < 1.29 is 42.8 Å². The predicted molar refractivity (Wildman–Crippen MR) is 141 cm³/mol. The maximum Gasteiger partial charge on any atom is 0.407 e. The number of hydrogen-bond donors (Lipinski definition) is 1. The second-order valence-electron chi connectivity index (χ2n) is 8.36. The first-order chi connectivity index (χ1) is 19.2. The number of alkyl carbamates (subject to hydrolysis) is 1. The summed E-state index contributed by atoms with van der Waals surface area (Å²) < 4.78 is 32.3. The monoisotopic (exact) mass is 544 g/mol. The molecule has 0 aliphatic carbocycles. The zero-order valence-corrected chi connectivity index (χ0v) is 22.0. The lowest BCUT2D eigenvalue weighted by atomic mass is 10.1. The Balaban J connectivity index is 1.02. The van der Waals surface area contributed by atoms with Crippen LogP contribution in [0.25, 0.3) is 0 Å². The van der Waals surface area contributed by atoms with Gasteiger partial charge < -0.3 is 33.7 Å². The number of amides is 3. The zero-order valence-electron chi connectivity index (χ0n) is 22.0. The highest BCUT2D eigenvalue weighted by Crippen LogP contribution is 2.21. The van der Waals surface area contributed by atoms with E-state index < -0.39 is 6.09 Å². The Kier molecular flexibility index (Phi) is 14.0. The van der Waals surface area contributed by atoms with Gasteiger partial charge in [-0.15, -0.1) is 0 Å². The highest BCUT2D eigenvalue weighted by molar-refractivity contribution is 6.21. The average Bonchev–Trinajstić information content (AvgIpc) is 3.20. The van der Waals surface area contributed by atoms with E-state index in [4.69, 9.17) is 28.4 Å². The van der Waals surface area contributed by atoms with Crippen LogP contribution in [0, 0.1) is 0 Å². The lowest BCUT2D eigenvalue weighted by molar-refractivity contribution is -0.0115. The smallest absolute Gasteiger partial charge is 0.407 e. The molecule has 0 saturated heterocycles. The van der Waals surface area contributed by atoms with Crippen LogP contribution in [0.4, 0.5) is 4.79 Å². The standard InChI is InChI=1S/C28H36N2O9/c31-26-24-8-4-5-9-25(24)27(32)30(26)11-13-35-15-17-37-19-21-38-20-18-36-16-14-34-12-10-29-28(33)39-22-23-6-2-1-3-7-23/h1-9H,10-22H2,(H,29,33). The second-order valence-corrected chi connectivity index (χ2v) is 8.36. The molecule has 11 nitrogen and oxygen atoms in total. The Bertz CT molecular complexity index is 984. The number of benzene rings is 2. The molecule has 0 spiro atoms. The molecule has 3 rings (SSSR count). The minimum Gasteiger partial charge on any atom is -0.445 e. The van der Waals surface area contributed by atoms with Gasteiger partial charge in [0.2, 0.25) is 0 Å². The van der Waals surface area contributed by atoms with Crippen LogP contribution in [0.5, 0.6) is 0 Å². The number of carbonyl (C=O) groups excluding carboxylic acids is 3. The van der Waals surface area contributed by atoms with Gasteiger partial charge in [-0.25, -0.2) is 4.79 Å². The number of carbonyl (C=O) groups is 3. The Morgan fingerprint density at radius 1 is 0.615 bits per heavy atom. The fraction of sp³-hybridized carbons (Fsp3) is 0.464. The second kappa shape index (κ2) is 18.0. The van der Waals surface area contributed by atoms with Crippen molar-refractivity contribution in [2.75, 3.05) is 79.2 Å². The van der Waals surface area contributed by atoms with Crippen LogP contribution >= 0.6 is 0 Å². The summed E-state index contributed by atoms with van der Waals surface area (Å²) in [5, 5.41) is 2.63. The van der Waals surface area contributed by atoms with E-state index in [0.29, 0.717) is 77.1 Å². The lowest BCUT2D eigenvalue weighted by Gasteiger charge is -2.13. The third kappa shape index (κ3) is 11.1. The van der Waals surface area contributed by atoms with Crippen molar-refractivity contribution in [3.63, 3.8) is 0 Å². The van der Waals surface area contributed by atoms with E-state index in [1.165, 1.54) is 4.90 Å². The molecule has 0 radical (unpaired) electrons. The molecule has 0 aromatic heterocycles. The minimum atomic E-state index is -0.480. The SMILES string of the molecule is O=C(NCCOCCOCCOCCOCCOCCN1C(=O)c2ccccc2C1=O)OCc1ccccc1. The predicted octanol–water partition coefficient (Wildman–Crippen LogP) is 2.29. The average molecular weight is 545 g/mol. The first kappa shape index (κ1) is 30.2. The van der Waals surface area contributed by atoms with Gasteiger partial charge in [-0.05, 0) is 17.7 Å². The summed E-state index contributed by atoms with van der Waals surface area (Å²) in [5.41, 5.74) is 1.81. The molecule has 0 saturated carbocycles. The van der Waals surface area contributed by atoms with Gasteiger partial charge in [0.25, 0.3) is 11.8 Å². The molecule has 3 amide bonds. The highest BCUT2D eigenvalue weighted by atomic mass is 16.6. The molecule has 1 aliphatic heterocycles. The summed E-state index contributed by atoms with van der Waals surface area (Å²) in [6.07, 6.45) is -0.480. The van der Waals surface area contributed by atoms with Crippen LogP contribution in [0.2, 0.25) is 0 Å². The van der Waals surface area contributed by atoms with Crippen molar-refractivity contribution in [2.24, 2.45) is 0 Å². The number of hydrogen-bond acceptors (Lipinski definition) is 9. The van der Waals surface area contributed by atoms with Crippen molar-refractivity contribution in [1.29, 1.82) is 0 Å². The first-order valence-corrected chi connectivity index (χ1v) is 13.0. The highest BCUT2D eigenvalue weighted by Gasteiger charge is 2.34. The Labute approximate surface area is 228 Å². The van der Waals surface area contributed by atoms with E-state index in [2.05, 4.69) is 5.32 Å². The fourth-order valence-electron chi connectivity index (χ4n) is 3.58. The van der Waals surface area contributed by atoms with Crippen LogP contribution in [-0.4, -0.2) is 102 Å². The van der Waals surface area contributed by atoms with Gasteiger partial charge in [-0.2, -0.15) is 0 Å². The van der Waals surface area contributed by atoms with Crippen LogP contribution < -0.4 is 5.32 Å². The molecule has 0 fully saturated rings. The van der Waals surface area contributed by atoms with Gasteiger partial charge >= 0.3 is 6.09 Å². The van der Waals surface area contributed by atoms with Gasteiger partial charge in [-0.3, -0.25) is 14.5 Å². The van der Waals surface area contributed by atoms with E-state index in [1.54, 1.807) is 24.3 Å². The molecule has 39 heavy (non-hydrogen) atoms. The summed E-state index contributed by atoms with van der Waals surface area (Å²) in [7, 11) is 0. The molecule has 0 unspecified atom stereocenters.